The lowest BCUT2D eigenvalue weighted by molar-refractivity contribution is -0.130. The van der Waals surface area contributed by atoms with Gasteiger partial charge < -0.3 is 14.0 Å². The first kappa shape index (κ1) is 22.4. The number of hydrazone groups is 1. The second kappa shape index (κ2) is 8.53. The first-order valence-corrected chi connectivity index (χ1v) is 11.9. The SMILES string of the molecule is CC(=O)N1N=C(c2c(-c3ccccc3)c3cc(Cl)ccc3n(C)c2=O)C[C@H]1c1ccc2c(c1)OCO2. The highest BCUT2D eigenvalue weighted by molar-refractivity contribution is 6.31. The molecule has 2 aliphatic rings. The van der Waals surface area contributed by atoms with E-state index >= 15 is 0 Å². The Kier molecular flexibility index (Phi) is 5.30. The van der Waals surface area contributed by atoms with Gasteiger partial charge in [0.05, 0.1) is 22.8 Å². The van der Waals surface area contributed by atoms with Crippen molar-refractivity contribution >= 4 is 34.1 Å². The van der Waals surface area contributed by atoms with Gasteiger partial charge in [0.2, 0.25) is 12.7 Å². The predicted molar refractivity (Wildman–Crippen MR) is 139 cm³/mol. The van der Waals surface area contributed by atoms with Crippen molar-refractivity contribution in [2.75, 3.05) is 6.79 Å². The normalized spacial score (nSPS) is 16.5. The fourth-order valence-electron chi connectivity index (χ4n) is 5.02. The average molecular weight is 500 g/mol. The Bertz CT molecular complexity index is 1630. The number of halogens is 1. The summed E-state index contributed by atoms with van der Waals surface area (Å²) in [6, 6.07) is 20.5. The van der Waals surface area contributed by atoms with Crippen LogP contribution in [0.5, 0.6) is 11.5 Å². The van der Waals surface area contributed by atoms with Crippen LogP contribution in [-0.2, 0) is 11.8 Å². The molecule has 0 radical (unpaired) electrons. The van der Waals surface area contributed by atoms with Crippen molar-refractivity contribution in [3.05, 3.63) is 93.2 Å². The quantitative estimate of drug-likeness (QED) is 0.384. The smallest absolute Gasteiger partial charge is 0.260 e. The summed E-state index contributed by atoms with van der Waals surface area (Å²) >= 11 is 6.40. The topological polar surface area (TPSA) is 73.1 Å². The van der Waals surface area contributed by atoms with Gasteiger partial charge >= 0.3 is 0 Å². The zero-order valence-electron chi connectivity index (χ0n) is 19.7. The highest BCUT2D eigenvalue weighted by Gasteiger charge is 2.35. The van der Waals surface area contributed by atoms with E-state index in [1.807, 2.05) is 60.7 Å². The molecule has 0 saturated carbocycles. The highest BCUT2D eigenvalue weighted by atomic mass is 35.5. The van der Waals surface area contributed by atoms with E-state index < -0.39 is 0 Å². The number of hydrogen-bond acceptors (Lipinski definition) is 5. The number of fused-ring (bicyclic) bond motifs is 2. The maximum atomic E-state index is 13.8. The van der Waals surface area contributed by atoms with Gasteiger partial charge in [-0.25, -0.2) is 5.01 Å². The fraction of sp³-hybridized carbons (Fsp3) is 0.179. The maximum absolute atomic E-state index is 13.8. The minimum absolute atomic E-state index is 0.164. The molecule has 3 aromatic carbocycles. The summed E-state index contributed by atoms with van der Waals surface area (Å²) in [5.74, 6) is 1.08. The Morgan fingerprint density at radius 3 is 2.56 bits per heavy atom. The lowest BCUT2D eigenvalue weighted by Gasteiger charge is -2.20. The molecular weight excluding hydrogens is 478 g/mol. The maximum Gasteiger partial charge on any atom is 0.260 e. The van der Waals surface area contributed by atoms with E-state index in [0.717, 1.165) is 27.6 Å². The molecule has 3 heterocycles. The first-order valence-electron chi connectivity index (χ1n) is 11.6. The van der Waals surface area contributed by atoms with Gasteiger partial charge in [-0.3, -0.25) is 9.59 Å². The number of carbonyl (C=O) groups is 1. The number of hydrogen-bond donors (Lipinski definition) is 0. The third-order valence-electron chi connectivity index (χ3n) is 6.72. The number of nitrogens with zero attached hydrogens (tertiary/aromatic N) is 3. The summed E-state index contributed by atoms with van der Waals surface area (Å²) < 4.78 is 12.6. The number of carbonyl (C=O) groups excluding carboxylic acids is 1. The van der Waals surface area contributed by atoms with Gasteiger partial charge in [0.15, 0.2) is 11.5 Å². The summed E-state index contributed by atoms with van der Waals surface area (Å²) in [7, 11) is 1.74. The highest BCUT2D eigenvalue weighted by Crippen LogP contribution is 2.41. The Morgan fingerprint density at radius 2 is 1.78 bits per heavy atom. The number of benzene rings is 3. The Hall–Kier alpha value is -4.10. The molecule has 1 amide bonds. The van der Waals surface area contributed by atoms with E-state index in [9.17, 15) is 9.59 Å². The predicted octanol–water partition coefficient (Wildman–Crippen LogP) is 5.29. The number of pyridine rings is 1. The van der Waals surface area contributed by atoms with Crippen molar-refractivity contribution in [1.29, 1.82) is 0 Å². The fourth-order valence-corrected chi connectivity index (χ4v) is 5.20. The molecule has 0 saturated heterocycles. The van der Waals surface area contributed by atoms with Crippen LogP contribution in [0.1, 0.15) is 30.5 Å². The van der Waals surface area contributed by atoms with Gasteiger partial charge in [-0.15, -0.1) is 0 Å². The molecule has 6 rings (SSSR count). The molecular formula is C28H22ClN3O4. The molecule has 1 atom stereocenters. The van der Waals surface area contributed by atoms with Gasteiger partial charge in [-0.1, -0.05) is 48.0 Å². The second-order valence-corrected chi connectivity index (χ2v) is 9.32. The Balaban J connectivity index is 1.57. The molecule has 7 nitrogen and oxygen atoms in total. The average Bonchev–Trinajstić information content (AvgIpc) is 3.53. The largest absolute Gasteiger partial charge is 0.454 e. The Labute approximate surface area is 212 Å². The van der Waals surface area contributed by atoms with Crippen LogP contribution in [0.3, 0.4) is 0 Å². The minimum Gasteiger partial charge on any atom is -0.454 e. The summed E-state index contributed by atoms with van der Waals surface area (Å²) in [5.41, 5.74) is 4.08. The van der Waals surface area contributed by atoms with Crippen molar-refractivity contribution in [2.45, 2.75) is 19.4 Å². The van der Waals surface area contributed by atoms with Crippen molar-refractivity contribution in [2.24, 2.45) is 12.1 Å². The number of amides is 1. The van der Waals surface area contributed by atoms with Crippen LogP contribution in [0.25, 0.3) is 22.0 Å². The number of aromatic nitrogens is 1. The lowest BCUT2D eigenvalue weighted by Crippen LogP contribution is -2.26. The van der Waals surface area contributed by atoms with E-state index in [1.54, 1.807) is 17.7 Å². The first-order chi connectivity index (χ1) is 17.4. The number of aryl methyl sites for hydroxylation is 1. The molecule has 1 aromatic heterocycles. The van der Waals surface area contributed by atoms with Crippen molar-refractivity contribution in [1.82, 2.24) is 9.58 Å². The zero-order valence-corrected chi connectivity index (χ0v) is 20.5. The minimum atomic E-state index is -0.379. The van der Waals surface area contributed by atoms with Crippen LogP contribution in [0.4, 0.5) is 0 Å². The second-order valence-electron chi connectivity index (χ2n) is 8.88. The van der Waals surface area contributed by atoms with Crippen LogP contribution < -0.4 is 15.0 Å². The molecule has 0 bridgehead atoms. The zero-order chi connectivity index (χ0) is 25.0. The van der Waals surface area contributed by atoms with Gasteiger partial charge in [0, 0.05) is 36.4 Å². The van der Waals surface area contributed by atoms with Crippen LogP contribution in [0.15, 0.2) is 76.6 Å². The summed E-state index contributed by atoms with van der Waals surface area (Å²) in [6.45, 7) is 1.64. The van der Waals surface area contributed by atoms with Crippen LogP contribution in [0, 0.1) is 0 Å². The number of rotatable bonds is 3. The van der Waals surface area contributed by atoms with Crippen molar-refractivity contribution in [3.8, 4) is 22.6 Å². The lowest BCUT2D eigenvalue weighted by atomic mass is 9.90. The van der Waals surface area contributed by atoms with E-state index in [-0.39, 0.29) is 24.3 Å². The van der Waals surface area contributed by atoms with Crippen LogP contribution in [0.2, 0.25) is 5.02 Å². The van der Waals surface area contributed by atoms with Crippen LogP contribution >= 0.6 is 11.6 Å². The van der Waals surface area contributed by atoms with E-state index in [4.69, 9.17) is 26.2 Å². The summed E-state index contributed by atoms with van der Waals surface area (Å²) in [5, 5.41) is 7.57. The molecule has 8 heteroatoms. The van der Waals surface area contributed by atoms with E-state index in [2.05, 4.69) is 0 Å². The van der Waals surface area contributed by atoms with Gasteiger partial charge in [-0.05, 0) is 41.5 Å². The van der Waals surface area contributed by atoms with Crippen molar-refractivity contribution in [3.63, 3.8) is 0 Å². The molecule has 0 N–H and O–H groups in total. The summed E-state index contributed by atoms with van der Waals surface area (Å²) in [6.07, 6.45) is 0.375. The van der Waals surface area contributed by atoms with Crippen molar-refractivity contribution < 1.29 is 14.3 Å². The van der Waals surface area contributed by atoms with E-state index in [1.165, 1.54) is 11.9 Å². The summed E-state index contributed by atoms with van der Waals surface area (Å²) in [4.78, 5) is 26.5. The molecule has 4 aromatic rings. The number of ether oxygens (including phenoxy) is 2. The van der Waals surface area contributed by atoms with Gasteiger partial charge in [-0.2, -0.15) is 5.10 Å². The molecule has 180 valence electrons. The third-order valence-corrected chi connectivity index (χ3v) is 6.96. The molecule has 0 fully saturated rings. The molecule has 0 spiro atoms. The molecule has 36 heavy (non-hydrogen) atoms. The Morgan fingerprint density at radius 1 is 1.00 bits per heavy atom. The molecule has 2 aliphatic heterocycles. The third kappa shape index (κ3) is 3.55. The monoisotopic (exact) mass is 499 g/mol. The van der Waals surface area contributed by atoms with Gasteiger partial charge in [0.1, 0.15) is 0 Å². The van der Waals surface area contributed by atoms with Crippen LogP contribution in [-0.4, -0.2) is 28.0 Å². The van der Waals surface area contributed by atoms with Gasteiger partial charge in [0.25, 0.3) is 5.56 Å². The standard InChI is InChI=1S/C28H22ClN3O4/c1-16(33)32-23(18-8-11-24-25(12-18)36-15-35-24)14-21(30-32)27-26(17-6-4-3-5-7-17)20-13-19(29)9-10-22(20)31(2)28(27)34/h3-13,23H,14-15H2,1-2H3/t23-/m0/s1. The van der Waals surface area contributed by atoms with E-state index in [0.29, 0.717) is 34.2 Å². The molecule has 0 aliphatic carbocycles. The molecule has 0 unspecified atom stereocenters.